The van der Waals surface area contributed by atoms with Gasteiger partial charge < -0.3 is 14.5 Å². The fourth-order valence-electron chi connectivity index (χ4n) is 2.70. The van der Waals surface area contributed by atoms with E-state index in [4.69, 9.17) is 9.15 Å². The smallest absolute Gasteiger partial charge is 0.121 e. The molecule has 1 aromatic heterocycles. The molecule has 0 spiro atoms. The topological polar surface area (TPSA) is 34.4 Å². The minimum absolute atomic E-state index is 0.294. The summed E-state index contributed by atoms with van der Waals surface area (Å²) in [6.07, 6.45) is 3.52. The van der Waals surface area contributed by atoms with E-state index >= 15 is 0 Å². The number of rotatable bonds is 6. The first-order chi connectivity index (χ1) is 8.76. The van der Waals surface area contributed by atoms with Gasteiger partial charge in [-0.1, -0.05) is 13.8 Å². The van der Waals surface area contributed by atoms with Gasteiger partial charge in [0.05, 0.1) is 12.1 Å². The zero-order chi connectivity index (χ0) is 13.0. The lowest BCUT2D eigenvalue weighted by Crippen LogP contribution is -2.32. The summed E-state index contributed by atoms with van der Waals surface area (Å²) < 4.78 is 11.6. The van der Waals surface area contributed by atoms with Gasteiger partial charge in [0.2, 0.25) is 0 Å². The lowest BCUT2D eigenvalue weighted by Gasteiger charge is -2.25. The van der Waals surface area contributed by atoms with Crippen molar-refractivity contribution in [3.8, 4) is 0 Å². The molecule has 0 aliphatic carbocycles. The zero-order valence-electron chi connectivity index (χ0n) is 11.7. The molecule has 102 valence electrons. The van der Waals surface area contributed by atoms with Gasteiger partial charge >= 0.3 is 0 Å². The summed E-state index contributed by atoms with van der Waals surface area (Å²) in [4.78, 5) is 0. The molecular weight excluding hydrogens is 226 g/mol. The molecule has 2 rings (SSSR count). The molecule has 0 amide bonds. The minimum Gasteiger partial charge on any atom is -0.464 e. The predicted octanol–water partition coefficient (Wildman–Crippen LogP) is 3.31. The van der Waals surface area contributed by atoms with E-state index in [1.165, 1.54) is 0 Å². The second-order valence-corrected chi connectivity index (χ2v) is 5.12. The van der Waals surface area contributed by atoms with Crippen LogP contribution >= 0.6 is 0 Å². The van der Waals surface area contributed by atoms with Crippen LogP contribution < -0.4 is 5.32 Å². The Hall–Kier alpha value is -0.800. The van der Waals surface area contributed by atoms with Crippen LogP contribution in [0.1, 0.15) is 51.2 Å². The summed E-state index contributed by atoms with van der Waals surface area (Å²) >= 11 is 0. The third-order valence-corrected chi connectivity index (χ3v) is 3.81. The predicted molar refractivity (Wildman–Crippen MR) is 72.6 cm³/mol. The Morgan fingerprint density at radius 2 is 2.22 bits per heavy atom. The second kappa shape index (κ2) is 6.39. The van der Waals surface area contributed by atoms with Crippen LogP contribution in [0.2, 0.25) is 0 Å². The summed E-state index contributed by atoms with van der Waals surface area (Å²) in [6, 6.07) is 4.51. The van der Waals surface area contributed by atoms with Gasteiger partial charge in [-0.2, -0.15) is 0 Å². The van der Waals surface area contributed by atoms with Crippen molar-refractivity contribution in [3.05, 3.63) is 23.7 Å². The summed E-state index contributed by atoms with van der Waals surface area (Å²) in [7, 11) is 0. The molecule has 0 bridgehead atoms. The van der Waals surface area contributed by atoms with Gasteiger partial charge in [-0.25, -0.2) is 0 Å². The molecule has 3 nitrogen and oxygen atoms in total. The molecule has 3 unspecified atom stereocenters. The van der Waals surface area contributed by atoms with Crippen molar-refractivity contribution in [2.45, 2.75) is 52.2 Å². The third-order valence-electron chi connectivity index (χ3n) is 3.81. The van der Waals surface area contributed by atoms with Gasteiger partial charge in [0.15, 0.2) is 0 Å². The first-order valence-corrected chi connectivity index (χ1v) is 7.19. The molecule has 1 fully saturated rings. The molecule has 0 radical (unpaired) electrons. The third kappa shape index (κ3) is 2.96. The first-order valence-electron chi connectivity index (χ1n) is 7.19. The molecule has 1 aliphatic rings. The highest BCUT2D eigenvalue weighted by molar-refractivity contribution is 5.12. The van der Waals surface area contributed by atoms with Crippen molar-refractivity contribution in [1.29, 1.82) is 0 Å². The highest BCUT2D eigenvalue weighted by Crippen LogP contribution is 2.34. The van der Waals surface area contributed by atoms with E-state index in [0.717, 1.165) is 43.9 Å². The van der Waals surface area contributed by atoms with Crippen molar-refractivity contribution in [2.24, 2.45) is 5.92 Å². The van der Waals surface area contributed by atoms with Gasteiger partial charge in [-0.05, 0) is 38.4 Å². The van der Waals surface area contributed by atoms with Gasteiger partial charge in [0, 0.05) is 18.9 Å². The van der Waals surface area contributed by atoms with E-state index in [1.807, 2.05) is 0 Å². The van der Waals surface area contributed by atoms with Gasteiger partial charge in [-0.15, -0.1) is 0 Å². The molecule has 18 heavy (non-hydrogen) atoms. The van der Waals surface area contributed by atoms with E-state index < -0.39 is 0 Å². The molecule has 1 aromatic rings. The number of ether oxygens (including phenoxy) is 1. The Morgan fingerprint density at radius 1 is 1.39 bits per heavy atom. The maximum Gasteiger partial charge on any atom is 0.121 e. The minimum atomic E-state index is 0.294. The fourth-order valence-corrected chi connectivity index (χ4v) is 2.70. The fraction of sp³-hybridized carbons (Fsp3) is 0.733. The molecule has 1 aliphatic heterocycles. The van der Waals surface area contributed by atoms with E-state index in [2.05, 4.69) is 38.2 Å². The summed E-state index contributed by atoms with van der Waals surface area (Å²) in [5, 5.41) is 3.62. The largest absolute Gasteiger partial charge is 0.464 e. The monoisotopic (exact) mass is 251 g/mol. The Kier molecular flexibility index (Phi) is 4.84. The molecular formula is C15H25NO2. The molecule has 2 heterocycles. The SMILES string of the molecule is CCCNC(c1ccc(CC)o1)C1CCOC1C. The lowest BCUT2D eigenvalue weighted by atomic mass is 9.91. The molecule has 3 heteroatoms. The molecule has 3 atom stereocenters. The molecule has 0 saturated carbocycles. The number of furan rings is 1. The molecule has 1 N–H and O–H groups in total. The van der Waals surface area contributed by atoms with Crippen LogP contribution in [0, 0.1) is 5.92 Å². The van der Waals surface area contributed by atoms with Gasteiger partial charge in [0.25, 0.3) is 0 Å². The van der Waals surface area contributed by atoms with Crippen molar-refractivity contribution < 1.29 is 9.15 Å². The van der Waals surface area contributed by atoms with Crippen LogP contribution in [0.4, 0.5) is 0 Å². The second-order valence-electron chi connectivity index (χ2n) is 5.12. The van der Waals surface area contributed by atoms with Crippen LogP contribution in [0.15, 0.2) is 16.5 Å². The van der Waals surface area contributed by atoms with E-state index in [0.29, 0.717) is 18.1 Å². The van der Waals surface area contributed by atoms with Gasteiger partial charge in [0.1, 0.15) is 11.5 Å². The van der Waals surface area contributed by atoms with Crippen molar-refractivity contribution in [2.75, 3.05) is 13.2 Å². The number of hydrogen-bond donors (Lipinski definition) is 1. The lowest BCUT2D eigenvalue weighted by molar-refractivity contribution is 0.0923. The number of hydrogen-bond acceptors (Lipinski definition) is 3. The zero-order valence-corrected chi connectivity index (χ0v) is 11.7. The molecule has 0 aromatic carbocycles. The highest BCUT2D eigenvalue weighted by Gasteiger charge is 2.34. The van der Waals surface area contributed by atoms with Crippen LogP contribution in [-0.4, -0.2) is 19.3 Å². The van der Waals surface area contributed by atoms with Crippen LogP contribution in [0.5, 0.6) is 0 Å². The Bertz CT molecular complexity index is 361. The molecule has 1 saturated heterocycles. The summed E-state index contributed by atoms with van der Waals surface area (Å²) in [6.45, 7) is 8.38. The van der Waals surface area contributed by atoms with E-state index in [9.17, 15) is 0 Å². The number of aryl methyl sites for hydroxylation is 1. The Morgan fingerprint density at radius 3 is 2.78 bits per heavy atom. The summed E-state index contributed by atoms with van der Waals surface area (Å²) in [5.41, 5.74) is 0. The Labute approximate surface area is 110 Å². The maximum atomic E-state index is 5.93. The van der Waals surface area contributed by atoms with Crippen LogP contribution in [0.25, 0.3) is 0 Å². The van der Waals surface area contributed by atoms with Gasteiger partial charge in [-0.3, -0.25) is 0 Å². The van der Waals surface area contributed by atoms with Crippen molar-refractivity contribution in [1.82, 2.24) is 5.32 Å². The van der Waals surface area contributed by atoms with Crippen LogP contribution in [0.3, 0.4) is 0 Å². The average Bonchev–Trinajstić information content (AvgIpc) is 3.00. The van der Waals surface area contributed by atoms with Crippen molar-refractivity contribution in [3.63, 3.8) is 0 Å². The highest BCUT2D eigenvalue weighted by atomic mass is 16.5. The van der Waals surface area contributed by atoms with Crippen molar-refractivity contribution >= 4 is 0 Å². The summed E-state index contributed by atoms with van der Waals surface area (Å²) in [5.74, 6) is 2.66. The standard InChI is InChI=1S/C15H25NO2/c1-4-9-16-15(13-8-10-17-11(13)3)14-7-6-12(5-2)18-14/h6-7,11,13,15-16H,4-5,8-10H2,1-3H3. The number of nitrogens with one attached hydrogen (secondary N) is 1. The van der Waals surface area contributed by atoms with E-state index in [1.54, 1.807) is 0 Å². The average molecular weight is 251 g/mol. The Balaban J connectivity index is 2.13. The normalized spacial score (nSPS) is 25.5. The van der Waals surface area contributed by atoms with Crippen LogP contribution in [-0.2, 0) is 11.2 Å². The van der Waals surface area contributed by atoms with E-state index in [-0.39, 0.29) is 0 Å². The maximum absolute atomic E-state index is 5.93. The first kappa shape index (κ1) is 13.6. The quantitative estimate of drug-likeness (QED) is 0.842.